The highest BCUT2D eigenvalue weighted by Gasteiger charge is 2.20. The lowest BCUT2D eigenvalue weighted by atomic mass is 9.90. The van der Waals surface area contributed by atoms with Gasteiger partial charge in [0.1, 0.15) is 13.2 Å². The Hall–Kier alpha value is -0.970. The SMILES string of the molecule is CC(CC(CN)CN)c1cc2c(cc1Cl)OCCO2. The van der Waals surface area contributed by atoms with E-state index in [0.29, 0.717) is 43.2 Å². The fraction of sp³-hybridized carbons (Fsp3) is 0.571. The number of fused-ring (bicyclic) bond motifs is 1. The molecule has 1 unspecified atom stereocenters. The van der Waals surface area contributed by atoms with Crippen LogP contribution in [0.15, 0.2) is 12.1 Å². The summed E-state index contributed by atoms with van der Waals surface area (Å²) in [5.41, 5.74) is 12.5. The van der Waals surface area contributed by atoms with Crippen molar-refractivity contribution in [3.8, 4) is 11.5 Å². The molecule has 1 aromatic rings. The summed E-state index contributed by atoms with van der Waals surface area (Å²) in [5.74, 6) is 2.11. The van der Waals surface area contributed by atoms with E-state index in [2.05, 4.69) is 6.92 Å². The van der Waals surface area contributed by atoms with E-state index in [4.69, 9.17) is 32.5 Å². The van der Waals surface area contributed by atoms with Gasteiger partial charge in [-0.15, -0.1) is 0 Å². The molecule has 2 rings (SSSR count). The third-order valence-corrected chi connectivity index (χ3v) is 3.87. The monoisotopic (exact) mass is 284 g/mol. The van der Waals surface area contributed by atoms with Crippen molar-refractivity contribution in [3.05, 3.63) is 22.7 Å². The molecule has 0 saturated heterocycles. The molecule has 0 aliphatic carbocycles. The standard InChI is InChI=1S/C14H21ClN2O2/c1-9(4-10(7-16)8-17)11-5-13-14(6-12(11)15)19-3-2-18-13/h5-6,9-10H,2-4,7-8,16-17H2,1H3. The summed E-state index contributed by atoms with van der Waals surface area (Å²) in [7, 11) is 0. The van der Waals surface area contributed by atoms with Gasteiger partial charge in [-0.2, -0.15) is 0 Å². The van der Waals surface area contributed by atoms with Crippen molar-refractivity contribution in [1.29, 1.82) is 0 Å². The van der Waals surface area contributed by atoms with Crippen LogP contribution >= 0.6 is 11.6 Å². The average Bonchev–Trinajstić information content (AvgIpc) is 2.43. The van der Waals surface area contributed by atoms with Gasteiger partial charge in [-0.3, -0.25) is 0 Å². The van der Waals surface area contributed by atoms with E-state index >= 15 is 0 Å². The van der Waals surface area contributed by atoms with Crippen LogP contribution in [0.1, 0.15) is 24.8 Å². The molecule has 1 atom stereocenters. The van der Waals surface area contributed by atoms with E-state index in [-0.39, 0.29) is 0 Å². The minimum absolute atomic E-state index is 0.292. The van der Waals surface area contributed by atoms with Crippen LogP contribution in [-0.2, 0) is 0 Å². The number of halogens is 1. The van der Waals surface area contributed by atoms with E-state index in [1.54, 1.807) is 0 Å². The Morgan fingerprint density at radius 1 is 1.16 bits per heavy atom. The van der Waals surface area contributed by atoms with Crippen molar-refractivity contribution in [2.75, 3.05) is 26.3 Å². The highest BCUT2D eigenvalue weighted by Crippen LogP contribution is 2.39. The van der Waals surface area contributed by atoms with Crippen LogP contribution in [0, 0.1) is 5.92 Å². The van der Waals surface area contributed by atoms with Crippen molar-refractivity contribution in [3.63, 3.8) is 0 Å². The molecule has 4 N–H and O–H groups in total. The summed E-state index contributed by atoms with van der Waals surface area (Å²) >= 11 is 6.33. The fourth-order valence-electron chi connectivity index (χ4n) is 2.37. The van der Waals surface area contributed by atoms with Crippen molar-refractivity contribution in [2.24, 2.45) is 17.4 Å². The first kappa shape index (κ1) is 14.4. The molecule has 1 aliphatic heterocycles. The van der Waals surface area contributed by atoms with E-state index in [1.165, 1.54) is 0 Å². The second-order valence-corrected chi connectivity index (χ2v) is 5.40. The van der Waals surface area contributed by atoms with Crippen molar-refractivity contribution >= 4 is 11.6 Å². The van der Waals surface area contributed by atoms with Gasteiger partial charge in [0.25, 0.3) is 0 Å². The maximum absolute atomic E-state index is 6.33. The lowest BCUT2D eigenvalue weighted by Crippen LogP contribution is -2.24. The van der Waals surface area contributed by atoms with Crippen molar-refractivity contribution in [2.45, 2.75) is 19.3 Å². The van der Waals surface area contributed by atoms with E-state index < -0.39 is 0 Å². The quantitative estimate of drug-likeness (QED) is 0.869. The molecule has 4 nitrogen and oxygen atoms in total. The number of hydrogen-bond acceptors (Lipinski definition) is 4. The highest BCUT2D eigenvalue weighted by molar-refractivity contribution is 6.31. The van der Waals surface area contributed by atoms with Gasteiger partial charge < -0.3 is 20.9 Å². The molecule has 0 bridgehead atoms. The third kappa shape index (κ3) is 3.32. The topological polar surface area (TPSA) is 70.5 Å². The maximum atomic E-state index is 6.33. The summed E-state index contributed by atoms with van der Waals surface area (Å²) in [5, 5.41) is 0.713. The molecule has 106 valence electrons. The van der Waals surface area contributed by atoms with Gasteiger partial charge in [0.2, 0.25) is 0 Å². The first-order chi connectivity index (χ1) is 9.15. The molecule has 5 heteroatoms. The average molecular weight is 285 g/mol. The Labute approximate surface area is 119 Å². The van der Waals surface area contributed by atoms with Crippen LogP contribution in [-0.4, -0.2) is 26.3 Å². The van der Waals surface area contributed by atoms with Gasteiger partial charge in [0.15, 0.2) is 11.5 Å². The number of benzene rings is 1. The molecule has 0 fully saturated rings. The minimum Gasteiger partial charge on any atom is -0.486 e. The Morgan fingerprint density at radius 3 is 2.32 bits per heavy atom. The van der Waals surface area contributed by atoms with Gasteiger partial charge >= 0.3 is 0 Å². The molecule has 0 aromatic heterocycles. The zero-order valence-corrected chi connectivity index (χ0v) is 12.0. The molecule has 0 saturated carbocycles. The zero-order chi connectivity index (χ0) is 13.8. The number of nitrogens with two attached hydrogens (primary N) is 2. The summed E-state index contributed by atoms with van der Waals surface area (Å²) in [6.45, 7) is 4.49. The van der Waals surface area contributed by atoms with Gasteiger partial charge in [0, 0.05) is 11.1 Å². The lowest BCUT2D eigenvalue weighted by Gasteiger charge is -2.23. The molecule has 1 aliphatic rings. The molecule has 1 heterocycles. The van der Waals surface area contributed by atoms with E-state index in [1.807, 2.05) is 12.1 Å². The van der Waals surface area contributed by atoms with Gasteiger partial charge in [-0.05, 0) is 43.0 Å². The maximum Gasteiger partial charge on any atom is 0.162 e. The van der Waals surface area contributed by atoms with Crippen LogP contribution in [0.4, 0.5) is 0 Å². The molecule has 1 aromatic carbocycles. The Bertz CT molecular complexity index is 436. The van der Waals surface area contributed by atoms with Crippen LogP contribution in [0.25, 0.3) is 0 Å². The van der Waals surface area contributed by atoms with Gasteiger partial charge in [-0.25, -0.2) is 0 Å². The summed E-state index contributed by atoms with van der Waals surface area (Å²) < 4.78 is 11.1. The lowest BCUT2D eigenvalue weighted by molar-refractivity contribution is 0.171. The number of hydrogen-bond donors (Lipinski definition) is 2. The number of ether oxygens (including phenoxy) is 2. The normalized spacial score (nSPS) is 15.6. The largest absolute Gasteiger partial charge is 0.486 e. The van der Waals surface area contributed by atoms with Gasteiger partial charge in [0.05, 0.1) is 0 Å². The fourth-order valence-corrected chi connectivity index (χ4v) is 2.71. The number of rotatable bonds is 5. The van der Waals surface area contributed by atoms with E-state index in [0.717, 1.165) is 23.5 Å². The van der Waals surface area contributed by atoms with E-state index in [9.17, 15) is 0 Å². The van der Waals surface area contributed by atoms with Crippen LogP contribution < -0.4 is 20.9 Å². The molecular weight excluding hydrogens is 264 g/mol. The Balaban J connectivity index is 2.19. The first-order valence-electron chi connectivity index (χ1n) is 6.64. The highest BCUT2D eigenvalue weighted by atomic mass is 35.5. The Morgan fingerprint density at radius 2 is 1.74 bits per heavy atom. The predicted molar refractivity (Wildman–Crippen MR) is 77.1 cm³/mol. The van der Waals surface area contributed by atoms with Crippen LogP contribution in [0.2, 0.25) is 5.02 Å². The molecule has 0 spiro atoms. The molecule has 19 heavy (non-hydrogen) atoms. The summed E-state index contributed by atoms with van der Waals surface area (Å²) in [6.07, 6.45) is 0.923. The van der Waals surface area contributed by atoms with Gasteiger partial charge in [-0.1, -0.05) is 18.5 Å². The molecule has 0 radical (unpaired) electrons. The summed E-state index contributed by atoms with van der Waals surface area (Å²) in [6, 6.07) is 3.81. The second kappa shape index (κ2) is 6.46. The zero-order valence-electron chi connectivity index (χ0n) is 11.2. The predicted octanol–water partition coefficient (Wildman–Crippen LogP) is 2.14. The Kier molecular flexibility index (Phi) is 4.91. The second-order valence-electron chi connectivity index (χ2n) is 4.99. The smallest absolute Gasteiger partial charge is 0.162 e. The van der Waals surface area contributed by atoms with Crippen molar-refractivity contribution < 1.29 is 9.47 Å². The summed E-state index contributed by atoms with van der Waals surface area (Å²) in [4.78, 5) is 0. The molecule has 0 amide bonds. The van der Waals surface area contributed by atoms with Crippen LogP contribution in [0.3, 0.4) is 0 Å². The van der Waals surface area contributed by atoms with Crippen molar-refractivity contribution in [1.82, 2.24) is 0 Å². The molecular formula is C14H21ClN2O2. The first-order valence-corrected chi connectivity index (χ1v) is 7.02. The van der Waals surface area contributed by atoms with Crippen LogP contribution in [0.5, 0.6) is 11.5 Å². The third-order valence-electron chi connectivity index (χ3n) is 3.55. The minimum atomic E-state index is 0.292.